The summed E-state index contributed by atoms with van der Waals surface area (Å²) in [5, 5.41) is 13.7. The van der Waals surface area contributed by atoms with Gasteiger partial charge in [0, 0.05) is 24.4 Å². The largest absolute Gasteiger partial charge is 0.396 e. The van der Waals surface area contributed by atoms with Gasteiger partial charge in [0.2, 0.25) is 0 Å². The molecule has 4 rings (SSSR count). The van der Waals surface area contributed by atoms with Gasteiger partial charge in [-0.15, -0.1) is 11.3 Å². The summed E-state index contributed by atoms with van der Waals surface area (Å²) in [5.74, 6) is 1.80. The van der Waals surface area contributed by atoms with Gasteiger partial charge in [0.1, 0.15) is 16.5 Å². The van der Waals surface area contributed by atoms with Crippen LogP contribution in [0.2, 0.25) is 0 Å². The van der Waals surface area contributed by atoms with E-state index in [-0.39, 0.29) is 6.61 Å². The predicted octanol–water partition coefficient (Wildman–Crippen LogP) is 3.57. The van der Waals surface area contributed by atoms with E-state index in [0.29, 0.717) is 0 Å². The number of aliphatic hydroxyl groups excluding tert-OH is 1. The molecule has 1 aromatic carbocycles. The van der Waals surface area contributed by atoms with Gasteiger partial charge in [-0.25, -0.2) is 9.97 Å². The Labute approximate surface area is 145 Å². The standard InChI is InChI=1S/C19H21N3OS/c23-11-5-10-20-18-17-14-8-4-9-15(14)24-19(17)22-16(21-18)12-13-6-2-1-3-7-13/h1-3,6-7,23H,4-5,8-12H2,(H,20,21,22). The highest BCUT2D eigenvalue weighted by molar-refractivity contribution is 7.19. The van der Waals surface area contributed by atoms with Crippen LogP contribution < -0.4 is 5.32 Å². The maximum Gasteiger partial charge on any atom is 0.138 e. The number of hydrogen-bond acceptors (Lipinski definition) is 5. The van der Waals surface area contributed by atoms with Crippen LogP contribution in [-0.4, -0.2) is 28.2 Å². The predicted molar refractivity (Wildman–Crippen MR) is 98.9 cm³/mol. The minimum absolute atomic E-state index is 0.194. The van der Waals surface area contributed by atoms with E-state index in [9.17, 15) is 0 Å². The van der Waals surface area contributed by atoms with Gasteiger partial charge in [0.15, 0.2) is 0 Å². The first-order valence-electron chi connectivity index (χ1n) is 8.55. The number of nitrogens with zero attached hydrogens (tertiary/aromatic N) is 2. The fraction of sp³-hybridized carbons (Fsp3) is 0.368. The molecule has 0 amide bonds. The fourth-order valence-electron chi connectivity index (χ4n) is 3.31. The third-order valence-corrected chi connectivity index (χ3v) is 5.63. The van der Waals surface area contributed by atoms with Crippen LogP contribution in [0.1, 0.15) is 34.7 Å². The molecule has 3 aromatic rings. The highest BCUT2D eigenvalue weighted by atomic mass is 32.1. The molecule has 1 aliphatic rings. The van der Waals surface area contributed by atoms with E-state index in [1.807, 2.05) is 29.5 Å². The van der Waals surface area contributed by atoms with Crippen molar-refractivity contribution in [1.29, 1.82) is 0 Å². The Balaban J connectivity index is 1.73. The van der Waals surface area contributed by atoms with Gasteiger partial charge in [0.25, 0.3) is 0 Å². The number of nitrogens with one attached hydrogen (secondary N) is 1. The van der Waals surface area contributed by atoms with E-state index in [4.69, 9.17) is 15.1 Å². The van der Waals surface area contributed by atoms with Crippen molar-refractivity contribution in [3.63, 3.8) is 0 Å². The summed E-state index contributed by atoms with van der Waals surface area (Å²) < 4.78 is 0. The summed E-state index contributed by atoms with van der Waals surface area (Å²) in [7, 11) is 0. The minimum Gasteiger partial charge on any atom is -0.396 e. The van der Waals surface area contributed by atoms with Gasteiger partial charge < -0.3 is 10.4 Å². The average Bonchev–Trinajstić information content (AvgIpc) is 3.16. The average molecular weight is 339 g/mol. The molecule has 2 heterocycles. The zero-order chi connectivity index (χ0) is 16.4. The van der Waals surface area contributed by atoms with Crippen molar-refractivity contribution >= 4 is 27.4 Å². The summed E-state index contributed by atoms with van der Waals surface area (Å²) >= 11 is 1.82. The number of thiophene rings is 1. The smallest absolute Gasteiger partial charge is 0.138 e. The van der Waals surface area contributed by atoms with Crippen molar-refractivity contribution in [2.75, 3.05) is 18.5 Å². The maximum atomic E-state index is 9.05. The van der Waals surface area contributed by atoms with Gasteiger partial charge in [-0.05, 0) is 36.8 Å². The molecule has 0 bridgehead atoms. The van der Waals surface area contributed by atoms with Crippen LogP contribution in [0.4, 0.5) is 5.82 Å². The molecule has 2 aromatic heterocycles. The van der Waals surface area contributed by atoms with E-state index < -0.39 is 0 Å². The highest BCUT2D eigenvalue weighted by Gasteiger charge is 2.22. The van der Waals surface area contributed by atoms with Crippen molar-refractivity contribution in [2.45, 2.75) is 32.1 Å². The van der Waals surface area contributed by atoms with Crippen LogP contribution in [-0.2, 0) is 19.3 Å². The van der Waals surface area contributed by atoms with Gasteiger partial charge in [-0.3, -0.25) is 0 Å². The lowest BCUT2D eigenvalue weighted by Gasteiger charge is -2.10. The number of aromatic nitrogens is 2. The number of benzene rings is 1. The monoisotopic (exact) mass is 339 g/mol. The molecule has 0 saturated carbocycles. The topological polar surface area (TPSA) is 58.0 Å². The van der Waals surface area contributed by atoms with E-state index in [1.165, 1.54) is 34.2 Å². The summed E-state index contributed by atoms with van der Waals surface area (Å²) in [6, 6.07) is 10.4. The zero-order valence-electron chi connectivity index (χ0n) is 13.6. The number of rotatable bonds is 6. The van der Waals surface area contributed by atoms with Crippen molar-refractivity contribution in [1.82, 2.24) is 9.97 Å². The van der Waals surface area contributed by atoms with Crippen LogP contribution in [0.15, 0.2) is 30.3 Å². The Bertz CT molecular complexity index is 845. The first-order chi connectivity index (χ1) is 11.8. The maximum absolute atomic E-state index is 9.05. The Kier molecular flexibility index (Phi) is 4.45. The number of hydrogen-bond donors (Lipinski definition) is 2. The molecule has 2 N–H and O–H groups in total. The first kappa shape index (κ1) is 15.5. The van der Waals surface area contributed by atoms with Crippen LogP contribution in [0, 0.1) is 0 Å². The van der Waals surface area contributed by atoms with Gasteiger partial charge >= 0.3 is 0 Å². The fourth-order valence-corrected chi connectivity index (χ4v) is 4.59. The zero-order valence-corrected chi connectivity index (χ0v) is 14.4. The van der Waals surface area contributed by atoms with Crippen molar-refractivity contribution in [2.24, 2.45) is 0 Å². The molecule has 5 heteroatoms. The van der Waals surface area contributed by atoms with Gasteiger partial charge in [-0.2, -0.15) is 0 Å². The molecule has 0 radical (unpaired) electrons. The summed E-state index contributed by atoms with van der Waals surface area (Å²) in [5.41, 5.74) is 2.66. The Hall–Kier alpha value is -1.98. The summed E-state index contributed by atoms with van der Waals surface area (Å²) in [4.78, 5) is 12.2. The number of fused-ring (bicyclic) bond motifs is 3. The molecule has 0 unspecified atom stereocenters. The van der Waals surface area contributed by atoms with E-state index in [2.05, 4.69) is 17.4 Å². The second kappa shape index (κ2) is 6.87. The second-order valence-electron chi connectivity index (χ2n) is 6.19. The molecule has 4 nitrogen and oxygen atoms in total. The van der Waals surface area contributed by atoms with Crippen LogP contribution in [0.3, 0.4) is 0 Å². The minimum atomic E-state index is 0.194. The van der Waals surface area contributed by atoms with Crippen molar-refractivity contribution in [3.05, 3.63) is 52.2 Å². The molecular formula is C19H21N3OS. The van der Waals surface area contributed by atoms with Crippen LogP contribution in [0.25, 0.3) is 10.2 Å². The molecule has 0 spiro atoms. The quantitative estimate of drug-likeness (QED) is 0.674. The van der Waals surface area contributed by atoms with Crippen molar-refractivity contribution in [3.8, 4) is 0 Å². The second-order valence-corrected chi connectivity index (χ2v) is 7.28. The third kappa shape index (κ3) is 3.01. The van der Waals surface area contributed by atoms with Crippen LogP contribution >= 0.6 is 11.3 Å². The summed E-state index contributed by atoms with van der Waals surface area (Å²) in [6.45, 7) is 0.928. The van der Waals surface area contributed by atoms with E-state index in [1.54, 1.807) is 0 Å². The van der Waals surface area contributed by atoms with Crippen LogP contribution in [0.5, 0.6) is 0 Å². The van der Waals surface area contributed by atoms with Gasteiger partial charge in [-0.1, -0.05) is 30.3 Å². The van der Waals surface area contributed by atoms with Gasteiger partial charge in [0.05, 0.1) is 5.39 Å². The molecule has 0 saturated heterocycles. The summed E-state index contributed by atoms with van der Waals surface area (Å²) in [6.07, 6.45) is 5.00. The lowest BCUT2D eigenvalue weighted by Crippen LogP contribution is -2.08. The Morgan fingerprint density at radius 1 is 1.12 bits per heavy atom. The number of aryl methyl sites for hydroxylation is 2. The molecule has 124 valence electrons. The molecule has 0 aliphatic heterocycles. The first-order valence-corrected chi connectivity index (χ1v) is 9.36. The lowest BCUT2D eigenvalue weighted by molar-refractivity contribution is 0.292. The SMILES string of the molecule is OCCCNc1nc(Cc2ccccc2)nc2sc3c(c12)CCC3. The number of anilines is 1. The highest BCUT2D eigenvalue weighted by Crippen LogP contribution is 2.39. The lowest BCUT2D eigenvalue weighted by atomic mass is 10.1. The Morgan fingerprint density at radius 3 is 2.83 bits per heavy atom. The molecule has 1 aliphatic carbocycles. The molecular weight excluding hydrogens is 318 g/mol. The number of aliphatic hydroxyl groups is 1. The van der Waals surface area contributed by atoms with E-state index in [0.717, 1.165) is 42.3 Å². The third-order valence-electron chi connectivity index (χ3n) is 4.44. The van der Waals surface area contributed by atoms with Crippen molar-refractivity contribution < 1.29 is 5.11 Å². The molecule has 0 atom stereocenters. The molecule has 0 fully saturated rings. The Morgan fingerprint density at radius 2 is 2.00 bits per heavy atom. The normalized spacial score (nSPS) is 13.4. The molecule has 24 heavy (non-hydrogen) atoms. The van der Waals surface area contributed by atoms with E-state index >= 15 is 0 Å².